The predicted molar refractivity (Wildman–Crippen MR) is 74.7 cm³/mol. The van der Waals surface area contributed by atoms with E-state index in [-0.39, 0.29) is 16.7 Å². The number of carboxylic acid groups (broad SMARTS) is 2. The van der Waals surface area contributed by atoms with E-state index in [0.29, 0.717) is 0 Å². The highest BCUT2D eigenvalue weighted by Crippen LogP contribution is 2.19. The molecule has 1 aliphatic heterocycles. The van der Waals surface area contributed by atoms with Crippen LogP contribution in [0.5, 0.6) is 0 Å². The van der Waals surface area contributed by atoms with Gasteiger partial charge in [0.15, 0.2) is 0 Å². The minimum Gasteiger partial charge on any atom is -0.480 e. The molecular weight excluding hydrogens is 358 g/mol. The lowest BCUT2D eigenvalue weighted by atomic mass is 10.1. The van der Waals surface area contributed by atoms with Crippen LogP contribution in [0.4, 0.5) is 0 Å². The second-order valence-corrected chi connectivity index (χ2v) is 7.10. The summed E-state index contributed by atoms with van der Waals surface area (Å²) >= 11 is 5.56. The van der Waals surface area contributed by atoms with Crippen molar-refractivity contribution in [3.8, 4) is 0 Å². The molecule has 1 heterocycles. The molecule has 0 saturated carbocycles. The zero-order valence-corrected chi connectivity index (χ0v) is 13.1. The number of aliphatic carboxylic acids is 2. The summed E-state index contributed by atoms with van der Waals surface area (Å²) in [6.45, 7) is -0.770. The second-order valence-electron chi connectivity index (χ2n) is 4.64. The van der Waals surface area contributed by atoms with Gasteiger partial charge in [0.1, 0.15) is 18.6 Å². The SMILES string of the molecule is O=C(O)CNC(=O)C1CS(=O)(=O)N(Cl)C(C(=O)O)CCC(=O)N1. The number of nitrogens with zero attached hydrogens (tertiary/aromatic N) is 1. The monoisotopic (exact) mass is 371 g/mol. The van der Waals surface area contributed by atoms with Crippen molar-refractivity contribution >= 4 is 45.6 Å². The third-order valence-electron chi connectivity index (χ3n) is 2.88. The van der Waals surface area contributed by atoms with E-state index in [9.17, 15) is 27.6 Å². The molecule has 13 heteroatoms. The molecular formula is C10H14ClN3O8S. The van der Waals surface area contributed by atoms with Gasteiger partial charge in [0.2, 0.25) is 21.8 Å². The molecule has 0 bridgehead atoms. The van der Waals surface area contributed by atoms with E-state index in [0.717, 1.165) is 0 Å². The van der Waals surface area contributed by atoms with Crippen molar-refractivity contribution in [2.45, 2.75) is 24.9 Å². The molecule has 2 atom stereocenters. The van der Waals surface area contributed by atoms with Crippen LogP contribution in [0.1, 0.15) is 12.8 Å². The third-order valence-corrected chi connectivity index (χ3v) is 5.29. The molecule has 0 aromatic heterocycles. The topological polar surface area (TPSA) is 170 Å². The summed E-state index contributed by atoms with van der Waals surface area (Å²) < 4.78 is 24.2. The Morgan fingerprint density at radius 2 is 1.96 bits per heavy atom. The second kappa shape index (κ2) is 7.57. The molecule has 0 aromatic carbocycles. The Balaban J connectivity index is 3.04. The Kier molecular flexibility index (Phi) is 6.29. The first-order valence-corrected chi connectivity index (χ1v) is 8.19. The van der Waals surface area contributed by atoms with E-state index in [4.69, 9.17) is 22.0 Å². The maximum atomic E-state index is 12.1. The van der Waals surface area contributed by atoms with E-state index in [1.165, 1.54) is 0 Å². The highest BCUT2D eigenvalue weighted by Gasteiger charge is 2.39. The number of amides is 2. The van der Waals surface area contributed by atoms with Crippen molar-refractivity contribution < 1.29 is 37.8 Å². The van der Waals surface area contributed by atoms with Crippen LogP contribution in [0.2, 0.25) is 0 Å². The number of carboxylic acids is 2. The quantitative estimate of drug-likeness (QED) is 0.400. The third kappa shape index (κ3) is 5.33. The lowest BCUT2D eigenvalue weighted by Gasteiger charge is -2.21. The van der Waals surface area contributed by atoms with Crippen LogP contribution in [0, 0.1) is 0 Å². The van der Waals surface area contributed by atoms with Gasteiger partial charge in [0.25, 0.3) is 0 Å². The fraction of sp³-hybridized carbons (Fsp3) is 0.600. The zero-order chi connectivity index (χ0) is 17.8. The van der Waals surface area contributed by atoms with Gasteiger partial charge in [-0.05, 0) is 18.2 Å². The van der Waals surface area contributed by atoms with E-state index >= 15 is 0 Å². The molecule has 1 fully saturated rings. The Bertz CT molecular complexity index is 622. The predicted octanol–water partition coefficient (Wildman–Crippen LogP) is -2.30. The molecule has 1 saturated heterocycles. The highest BCUT2D eigenvalue weighted by atomic mass is 35.5. The minimum atomic E-state index is -4.40. The molecule has 23 heavy (non-hydrogen) atoms. The Labute approximate surface area is 135 Å². The molecule has 2 unspecified atom stereocenters. The highest BCUT2D eigenvalue weighted by molar-refractivity contribution is 7.90. The molecule has 2 amide bonds. The van der Waals surface area contributed by atoms with Crippen molar-refractivity contribution in [3.63, 3.8) is 0 Å². The lowest BCUT2D eigenvalue weighted by Crippen LogP contribution is -2.52. The number of hydrogen-bond acceptors (Lipinski definition) is 6. The summed E-state index contributed by atoms with van der Waals surface area (Å²) in [6.07, 6.45) is -0.758. The molecule has 1 rings (SSSR count). The van der Waals surface area contributed by atoms with E-state index < -0.39 is 58.2 Å². The van der Waals surface area contributed by atoms with Crippen LogP contribution in [-0.2, 0) is 29.2 Å². The first-order valence-electron chi connectivity index (χ1n) is 6.24. The Morgan fingerprint density at radius 3 is 2.48 bits per heavy atom. The summed E-state index contributed by atoms with van der Waals surface area (Å²) in [4.78, 5) is 44.9. The van der Waals surface area contributed by atoms with E-state index in [2.05, 4.69) is 5.32 Å². The maximum Gasteiger partial charge on any atom is 0.323 e. The van der Waals surface area contributed by atoms with Crippen LogP contribution < -0.4 is 10.6 Å². The van der Waals surface area contributed by atoms with Gasteiger partial charge in [0, 0.05) is 6.42 Å². The molecule has 0 spiro atoms. The maximum absolute atomic E-state index is 12.1. The summed E-state index contributed by atoms with van der Waals surface area (Å²) in [6, 6.07) is -3.26. The summed E-state index contributed by atoms with van der Waals surface area (Å²) in [5.41, 5.74) is 0. The number of hydrogen-bond donors (Lipinski definition) is 4. The Morgan fingerprint density at radius 1 is 1.35 bits per heavy atom. The van der Waals surface area contributed by atoms with Crippen molar-refractivity contribution in [2.75, 3.05) is 12.3 Å². The number of rotatable bonds is 4. The normalized spacial score (nSPS) is 25.3. The van der Waals surface area contributed by atoms with E-state index in [1.54, 1.807) is 0 Å². The first kappa shape index (κ1) is 19.1. The molecule has 130 valence electrons. The lowest BCUT2D eigenvalue weighted by molar-refractivity contribution is -0.140. The average Bonchev–Trinajstić information content (AvgIpc) is 2.46. The number of halogens is 1. The average molecular weight is 372 g/mol. The van der Waals surface area contributed by atoms with Gasteiger partial charge in [-0.3, -0.25) is 19.2 Å². The van der Waals surface area contributed by atoms with Crippen molar-refractivity contribution in [3.05, 3.63) is 0 Å². The van der Waals surface area contributed by atoms with Gasteiger partial charge in [-0.25, -0.2) is 8.42 Å². The molecule has 1 aliphatic rings. The van der Waals surface area contributed by atoms with Crippen LogP contribution in [0.3, 0.4) is 0 Å². The van der Waals surface area contributed by atoms with Crippen LogP contribution >= 0.6 is 11.8 Å². The molecule has 0 radical (unpaired) electrons. The fourth-order valence-electron chi connectivity index (χ4n) is 1.79. The number of carbonyl (C=O) groups excluding carboxylic acids is 2. The smallest absolute Gasteiger partial charge is 0.323 e. The zero-order valence-electron chi connectivity index (χ0n) is 11.6. The Hall–Kier alpha value is -1.92. The van der Waals surface area contributed by atoms with Gasteiger partial charge in [0.05, 0.1) is 5.75 Å². The van der Waals surface area contributed by atoms with Crippen LogP contribution in [-0.4, -0.2) is 70.6 Å². The van der Waals surface area contributed by atoms with Crippen molar-refractivity contribution in [2.24, 2.45) is 0 Å². The number of nitrogens with one attached hydrogen (secondary N) is 2. The summed E-state index contributed by atoms with van der Waals surface area (Å²) in [5, 5.41) is 21.5. The van der Waals surface area contributed by atoms with Crippen LogP contribution in [0.25, 0.3) is 0 Å². The number of carbonyl (C=O) groups is 4. The van der Waals surface area contributed by atoms with Crippen LogP contribution in [0.15, 0.2) is 0 Å². The summed E-state index contributed by atoms with van der Waals surface area (Å²) in [5.74, 6) is -5.69. The van der Waals surface area contributed by atoms with E-state index in [1.807, 2.05) is 5.32 Å². The fourth-order valence-corrected chi connectivity index (χ4v) is 3.52. The largest absolute Gasteiger partial charge is 0.480 e. The molecule has 4 N–H and O–H groups in total. The van der Waals surface area contributed by atoms with Gasteiger partial charge in [-0.15, -0.1) is 0 Å². The van der Waals surface area contributed by atoms with Gasteiger partial charge < -0.3 is 20.8 Å². The number of sulfonamides is 1. The van der Waals surface area contributed by atoms with Gasteiger partial charge in [-0.2, -0.15) is 0 Å². The molecule has 0 aromatic rings. The summed E-state index contributed by atoms with van der Waals surface area (Å²) in [7, 11) is -4.40. The molecule has 11 nitrogen and oxygen atoms in total. The minimum absolute atomic E-state index is 0.0765. The first-order chi connectivity index (χ1) is 10.5. The van der Waals surface area contributed by atoms with Gasteiger partial charge in [-0.1, -0.05) is 3.82 Å². The van der Waals surface area contributed by atoms with Crippen molar-refractivity contribution in [1.82, 2.24) is 14.5 Å². The molecule has 0 aliphatic carbocycles. The van der Waals surface area contributed by atoms with Crippen molar-refractivity contribution in [1.29, 1.82) is 0 Å². The standard InChI is InChI=1S/C10H14ClN3O8S/c11-14-6(10(19)20)1-2-7(15)13-5(4-23(14,21)22)9(18)12-3-8(16)17/h5-6H,1-4H2,(H,12,18)(H,13,15)(H,16,17)(H,19,20). The van der Waals surface area contributed by atoms with Gasteiger partial charge >= 0.3 is 11.9 Å².